The van der Waals surface area contributed by atoms with Gasteiger partial charge in [0.05, 0.1) is 20.3 Å². The lowest BCUT2D eigenvalue weighted by molar-refractivity contribution is 0.0518. The molecule has 0 aliphatic heterocycles. The fourth-order valence-corrected chi connectivity index (χ4v) is 1.68. The Morgan fingerprint density at radius 3 is 2.63 bits per heavy atom. The summed E-state index contributed by atoms with van der Waals surface area (Å²) in [6, 6.07) is 9.37. The molecule has 5 nitrogen and oxygen atoms in total. The average molecular weight is 260 g/mol. The number of hydrogen-bond acceptors (Lipinski definition) is 4. The van der Waals surface area contributed by atoms with Gasteiger partial charge in [0.2, 0.25) is 0 Å². The van der Waals surface area contributed by atoms with Crippen LogP contribution in [-0.4, -0.2) is 29.5 Å². The normalized spacial score (nSPS) is 10.2. The zero-order valence-electron chi connectivity index (χ0n) is 11.0. The molecule has 2 rings (SSSR count). The molecule has 0 N–H and O–H groups in total. The van der Waals surface area contributed by atoms with Crippen LogP contribution >= 0.6 is 0 Å². The van der Waals surface area contributed by atoms with Crippen LogP contribution in [0.5, 0.6) is 5.75 Å². The van der Waals surface area contributed by atoms with Crippen LogP contribution in [0, 0.1) is 0 Å². The van der Waals surface area contributed by atoms with E-state index in [-0.39, 0.29) is 0 Å². The number of carbonyl (C=O) groups is 1. The van der Waals surface area contributed by atoms with Crippen molar-refractivity contribution in [1.29, 1.82) is 0 Å². The maximum Gasteiger partial charge on any atom is 0.358 e. The van der Waals surface area contributed by atoms with Crippen LogP contribution in [0.15, 0.2) is 36.5 Å². The Morgan fingerprint density at radius 2 is 2.00 bits per heavy atom. The van der Waals surface area contributed by atoms with Crippen molar-refractivity contribution in [3.63, 3.8) is 0 Å². The third kappa shape index (κ3) is 3.34. The molecule has 1 aromatic carbocycles. The zero-order valence-corrected chi connectivity index (χ0v) is 11.0. The van der Waals surface area contributed by atoms with Crippen LogP contribution in [0.25, 0.3) is 0 Å². The van der Waals surface area contributed by atoms with E-state index in [1.807, 2.05) is 24.3 Å². The van der Waals surface area contributed by atoms with Gasteiger partial charge in [-0.3, -0.25) is 4.68 Å². The number of ether oxygens (including phenoxy) is 2. The number of esters is 1. The number of hydrogen-bond donors (Lipinski definition) is 0. The molecule has 19 heavy (non-hydrogen) atoms. The van der Waals surface area contributed by atoms with Crippen molar-refractivity contribution in [2.45, 2.75) is 13.5 Å². The average Bonchev–Trinajstić information content (AvgIpc) is 2.88. The van der Waals surface area contributed by atoms with E-state index in [0.717, 1.165) is 11.3 Å². The lowest BCUT2D eigenvalue weighted by atomic mass is 10.2. The van der Waals surface area contributed by atoms with E-state index in [2.05, 4.69) is 5.10 Å². The predicted octanol–water partition coefficient (Wildman–Crippen LogP) is 2.12. The molecule has 0 fully saturated rings. The van der Waals surface area contributed by atoms with E-state index in [4.69, 9.17) is 9.47 Å². The number of aromatic nitrogens is 2. The minimum atomic E-state index is -0.393. The van der Waals surface area contributed by atoms with Gasteiger partial charge in [-0.2, -0.15) is 5.10 Å². The van der Waals surface area contributed by atoms with Crippen LogP contribution < -0.4 is 4.74 Å². The van der Waals surface area contributed by atoms with Crippen molar-refractivity contribution < 1.29 is 14.3 Å². The standard InChI is InChI=1S/C14H16N2O3/c1-3-19-14(17)13-8-9-16(15-13)10-11-4-6-12(18-2)7-5-11/h4-9H,3,10H2,1-2H3. The molecule has 0 bridgehead atoms. The molecule has 0 aliphatic rings. The summed E-state index contributed by atoms with van der Waals surface area (Å²) in [6.07, 6.45) is 1.76. The first-order valence-electron chi connectivity index (χ1n) is 6.06. The summed E-state index contributed by atoms with van der Waals surface area (Å²) in [5.74, 6) is 0.424. The molecule has 0 saturated carbocycles. The summed E-state index contributed by atoms with van der Waals surface area (Å²) in [7, 11) is 1.63. The first-order valence-corrected chi connectivity index (χ1v) is 6.06. The molecule has 0 unspecified atom stereocenters. The van der Waals surface area contributed by atoms with E-state index in [9.17, 15) is 4.79 Å². The second-order valence-electron chi connectivity index (χ2n) is 3.97. The summed E-state index contributed by atoms with van der Waals surface area (Å²) in [4.78, 5) is 11.5. The Balaban J connectivity index is 2.04. The predicted molar refractivity (Wildman–Crippen MR) is 70.3 cm³/mol. The number of nitrogens with zero attached hydrogens (tertiary/aromatic N) is 2. The highest BCUT2D eigenvalue weighted by atomic mass is 16.5. The van der Waals surface area contributed by atoms with Crippen LogP contribution in [0.4, 0.5) is 0 Å². The smallest absolute Gasteiger partial charge is 0.358 e. The monoisotopic (exact) mass is 260 g/mol. The van der Waals surface area contributed by atoms with Gasteiger partial charge >= 0.3 is 5.97 Å². The second kappa shape index (κ2) is 6.04. The fourth-order valence-electron chi connectivity index (χ4n) is 1.68. The largest absolute Gasteiger partial charge is 0.497 e. The Bertz CT molecular complexity index is 546. The Morgan fingerprint density at radius 1 is 1.26 bits per heavy atom. The van der Waals surface area contributed by atoms with Gasteiger partial charge in [0, 0.05) is 6.20 Å². The summed E-state index contributed by atoms with van der Waals surface area (Å²) < 4.78 is 11.7. The number of rotatable bonds is 5. The molecule has 100 valence electrons. The molecule has 1 aromatic heterocycles. The third-order valence-corrected chi connectivity index (χ3v) is 2.63. The highest BCUT2D eigenvalue weighted by Gasteiger charge is 2.10. The van der Waals surface area contributed by atoms with Crippen LogP contribution in [0.3, 0.4) is 0 Å². The van der Waals surface area contributed by atoms with Crippen molar-refractivity contribution >= 4 is 5.97 Å². The maximum absolute atomic E-state index is 11.5. The first-order chi connectivity index (χ1) is 9.22. The summed E-state index contributed by atoms with van der Waals surface area (Å²) in [5.41, 5.74) is 1.41. The Labute approximate surface area is 111 Å². The van der Waals surface area contributed by atoms with Gasteiger partial charge in [-0.05, 0) is 30.7 Å². The van der Waals surface area contributed by atoms with Crippen molar-refractivity contribution in [1.82, 2.24) is 9.78 Å². The number of methoxy groups -OCH3 is 1. The minimum Gasteiger partial charge on any atom is -0.497 e. The molecule has 1 heterocycles. The zero-order chi connectivity index (χ0) is 13.7. The van der Waals surface area contributed by atoms with E-state index in [0.29, 0.717) is 18.8 Å². The minimum absolute atomic E-state index is 0.329. The molecular weight excluding hydrogens is 244 g/mol. The third-order valence-electron chi connectivity index (χ3n) is 2.63. The number of benzene rings is 1. The van der Waals surface area contributed by atoms with Crippen molar-refractivity contribution in [3.8, 4) is 5.75 Å². The lowest BCUT2D eigenvalue weighted by Gasteiger charge is -2.04. The van der Waals surface area contributed by atoms with E-state index < -0.39 is 5.97 Å². The first kappa shape index (κ1) is 13.1. The van der Waals surface area contributed by atoms with E-state index in [1.165, 1.54) is 0 Å². The van der Waals surface area contributed by atoms with Gasteiger partial charge in [-0.1, -0.05) is 12.1 Å². The van der Waals surface area contributed by atoms with Gasteiger partial charge in [-0.25, -0.2) is 4.79 Å². The van der Waals surface area contributed by atoms with Gasteiger partial charge in [0.15, 0.2) is 5.69 Å². The molecule has 0 amide bonds. The Kier molecular flexibility index (Phi) is 4.18. The van der Waals surface area contributed by atoms with Crippen LogP contribution in [-0.2, 0) is 11.3 Å². The molecule has 2 aromatic rings. The summed E-state index contributed by atoms with van der Waals surface area (Å²) in [6.45, 7) is 2.72. The quantitative estimate of drug-likeness (QED) is 0.773. The molecular formula is C14H16N2O3. The SMILES string of the molecule is CCOC(=O)c1ccn(Cc2ccc(OC)cc2)n1. The molecule has 0 saturated heterocycles. The Hall–Kier alpha value is -2.30. The summed E-state index contributed by atoms with van der Waals surface area (Å²) >= 11 is 0. The highest BCUT2D eigenvalue weighted by molar-refractivity contribution is 5.86. The highest BCUT2D eigenvalue weighted by Crippen LogP contribution is 2.12. The molecule has 0 aliphatic carbocycles. The molecule has 0 radical (unpaired) electrons. The fraction of sp³-hybridized carbons (Fsp3) is 0.286. The van der Waals surface area contributed by atoms with Gasteiger partial charge in [0.1, 0.15) is 5.75 Å². The van der Waals surface area contributed by atoms with Gasteiger partial charge in [-0.15, -0.1) is 0 Å². The lowest BCUT2D eigenvalue weighted by Crippen LogP contribution is -2.07. The van der Waals surface area contributed by atoms with Crippen LogP contribution in [0.2, 0.25) is 0 Å². The van der Waals surface area contributed by atoms with Crippen LogP contribution in [0.1, 0.15) is 23.0 Å². The van der Waals surface area contributed by atoms with E-state index >= 15 is 0 Å². The molecule has 0 atom stereocenters. The van der Waals surface area contributed by atoms with E-state index in [1.54, 1.807) is 31.0 Å². The summed E-state index contributed by atoms with van der Waals surface area (Å²) in [5, 5.41) is 4.18. The van der Waals surface area contributed by atoms with Crippen molar-refractivity contribution in [2.24, 2.45) is 0 Å². The van der Waals surface area contributed by atoms with Gasteiger partial charge in [0.25, 0.3) is 0 Å². The van der Waals surface area contributed by atoms with Gasteiger partial charge < -0.3 is 9.47 Å². The van der Waals surface area contributed by atoms with Crippen molar-refractivity contribution in [2.75, 3.05) is 13.7 Å². The topological polar surface area (TPSA) is 53.4 Å². The maximum atomic E-state index is 11.5. The number of carbonyl (C=O) groups excluding carboxylic acids is 1. The second-order valence-corrected chi connectivity index (χ2v) is 3.97. The molecule has 0 spiro atoms. The molecule has 5 heteroatoms. The van der Waals surface area contributed by atoms with Crippen molar-refractivity contribution in [3.05, 3.63) is 47.8 Å².